The largest absolute Gasteiger partial charge is 0.382 e. The predicted octanol–water partition coefficient (Wildman–Crippen LogP) is 1.75. The molecule has 3 aromatic rings. The maximum atomic E-state index is 5.76. The molecule has 0 spiro atoms. The zero-order chi connectivity index (χ0) is 13.9. The van der Waals surface area contributed by atoms with E-state index in [2.05, 4.69) is 24.3 Å². The van der Waals surface area contributed by atoms with Crippen LogP contribution in [0.1, 0.15) is 12.2 Å². The molecule has 104 valence electrons. The Morgan fingerprint density at radius 2 is 2.25 bits per heavy atom. The first-order valence-corrected chi connectivity index (χ1v) is 7.84. The molecule has 0 aliphatic rings. The Morgan fingerprint density at radius 3 is 3.05 bits per heavy atom. The van der Waals surface area contributed by atoms with E-state index in [9.17, 15) is 0 Å². The second-order valence-electron chi connectivity index (χ2n) is 4.18. The lowest BCUT2D eigenvalue weighted by Gasteiger charge is -2.02. The minimum absolute atomic E-state index is 0.424. The molecule has 0 fully saturated rings. The number of hydrogen-bond donors (Lipinski definition) is 1. The van der Waals surface area contributed by atoms with Crippen LogP contribution >= 0.6 is 23.3 Å². The summed E-state index contributed by atoms with van der Waals surface area (Å²) in [6.45, 7) is 2.75. The average Bonchev–Trinajstić information content (AvgIpc) is 3.02. The van der Waals surface area contributed by atoms with Gasteiger partial charge >= 0.3 is 0 Å². The van der Waals surface area contributed by atoms with Crippen molar-refractivity contribution in [3.8, 4) is 0 Å². The number of aromatic nitrogens is 6. The predicted molar refractivity (Wildman–Crippen MR) is 79.7 cm³/mol. The summed E-state index contributed by atoms with van der Waals surface area (Å²) < 4.78 is 7.18. The number of rotatable bonds is 5. The van der Waals surface area contributed by atoms with Gasteiger partial charge in [0.15, 0.2) is 15.8 Å². The molecule has 0 amide bonds. The second-order valence-corrected chi connectivity index (χ2v) is 6.27. The molecular formula is C11H13N7S2. The normalized spacial score (nSPS) is 11.2. The van der Waals surface area contributed by atoms with E-state index >= 15 is 0 Å². The lowest BCUT2D eigenvalue weighted by Crippen LogP contribution is -2.00. The summed E-state index contributed by atoms with van der Waals surface area (Å²) in [5.41, 5.74) is 7.21. The lowest BCUT2D eigenvalue weighted by atomic mass is 10.4. The summed E-state index contributed by atoms with van der Waals surface area (Å²) in [5, 5.41) is 0. The minimum Gasteiger partial charge on any atom is -0.382 e. The number of anilines is 1. The SMILES string of the molecule is Cc1nsc(SCCCn2cnc3c(N)ncnc32)n1. The molecule has 0 saturated heterocycles. The quantitative estimate of drug-likeness (QED) is 0.566. The van der Waals surface area contributed by atoms with E-state index in [1.807, 2.05) is 11.5 Å². The molecule has 3 heterocycles. The number of imidazole rings is 1. The number of hydrogen-bond acceptors (Lipinski definition) is 8. The first-order chi connectivity index (χ1) is 9.74. The topological polar surface area (TPSA) is 95.4 Å². The van der Waals surface area contributed by atoms with E-state index in [1.54, 1.807) is 18.1 Å². The molecule has 0 bridgehead atoms. The third kappa shape index (κ3) is 2.73. The molecule has 0 unspecified atom stereocenters. The molecule has 0 aliphatic carbocycles. The van der Waals surface area contributed by atoms with Crippen LogP contribution in [-0.2, 0) is 6.54 Å². The van der Waals surface area contributed by atoms with Crippen molar-refractivity contribution in [3.05, 3.63) is 18.5 Å². The van der Waals surface area contributed by atoms with Gasteiger partial charge in [-0.25, -0.2) is 19.9 Å². The Labute approximate surface area is 123 Å². The fourth-order valence-corrected chi connectivity index (χ4v) is 3.43. The molecule has 3 aromatic heterocycles. The van der Waals surface area contributed by atoms with Crippen molar-refractivity contribution in [1.82, 2.24) is 28.9 Å². The summed E-state index contributed by atoms with van der Waals surface area (Å²) in [5.74, 6) is 2.24. The van der Waals surface area contributed by atoms with Crippen LogP contribution in [0.25, 0.3) is 11.2 Å². The van der Waals surface area contributed by atoms with Gasteiger partial charge in [-0.15, -0.1) is 0 Å². The van der Waals surface area contributed by atoms with Gasteiger partial charge in [0.05, 0.1) is 6.33 Å². The van der Waals surface area contributed by atoms with Crippen LogP contribution in [-0.4, -0.2) is 34.6 Å². The zero-order valence-corrected chi connectivity index (χ0v) is 12.5. The Morgan fingerprint density at radius 1 is 1.35 bits per heavy atom. The Hall–Kier alpha value is -1.74. The molecule has 3 rings (SSSR count). The molecular weight excluding hydrogens is 294 g/mol. The number of aryl methyl sites for hydroxylation is 2. The van der Waals surface area contributed by atoms with Gasteiger partial charge in [0.2, 0.25) is 0 Å². The Balaban J connectivity index is 1.59. The highest BCUT2D eigenvalue weighted by molar-refractivity contribution is 8.00. The molecule has 0 atom stereocenters. The van der Waals surface area contributed by atoms with Crippen molar-refractivity contribution in [3.63, 3.8) is 0 Å². The van der Waals surface area contributed by atoms with Crippen molar-refractivity contribution in [2.45, 2.75) is 24.2 Å². The molecule has 0 aromatic carbocycles. The highest BCUT2D eigenvalue weighted by Crippen LogP contribution is 2.21. The highest BCUT2D eigenvalue weighted by Gasteiger charge is 2.07. The Kier molecular flexibility index (Phi) is 3.79. The number of fused-ring (bicyclic) bond motifs is 1. The number of nitrogens with zero attached hydrogens (tertiary/aromatic N) is 6. The van der Waals surface area contributed by atoms with Gasteiger partial charge in [0, 0.05) is 12.3 Å². The van der Waals surface area contributed by atoms with E-state index in [1.165, 1.54) is 17.9 Å². The summed E-state index contributed by atoms with van der Waals surface area (Å²) >= 11 is 3.17. The first-order valence-electron chi connectivity index (χ1n) is 6.08. The number of nitrogen functional groups attached to an aromatic ring is 1. The van der Waals surface area contributed by atoms with Crippen LogP contribution in [0, 0.1) is 6.92 Å². The molecule has 7 nitrogen and oxygen atoms in total. The molecule has 2 N–H and O–H groups in total. The lowest BCUT2D eigenvalue weighted by molar-refractivity contribution is 0.696. The smallest absolute Gasteiger partial charge is 0.170 e. The van der Waals surface area contributed by atoms with Crippen molar-refractivity contribution >= 4 is 40.3 Å². The molecule has 0 saturated carbocycles. The van der Waals surface area contributed by atoms with Crippen LogP contribution in [0.5, 0.6) is 0 Å². The van der Waals surface area contributed by atoms with Crippen molar-refractivity contribution in [2.75, 3.05) is 11.5 Å². The van der Waals surface area contributed by atoms with Gasteiger partial charge in [-0.2, -0.15) is 4.37 Å². The van der Waals surface area contributed by atoms with Crippen molar-refractivity contribution < 1.29 is 0 Å². The number of nitrogens with two attached hydrogens (primary N) is 1. The molecule has 9 heteroatoms. The number of thioether (sulfide) groups is 1. The maximum Gasteiger partial charge on any atom is 0.170 e. The average molecular weight is 307 g/mol. The second kappa shape index (κ2) is 5.71. The van der Waals surface area contributed by atoms with Gasteiger partial charge in [0.25, 0.3) is 0 Å². The molecule has 20 heavy (non-hydrogen) atoms. The van der Waals surface area contributed by atoms with Crippen molar-refractivity contribution in [2.24, 2.45) is 0 Å². The van der Waals surface area contributed by atoms with Gasteiger partial charge in [0.1, 0.15) is 17.7 Å². The van der Waals surface area contributed by atoms with Gasteiger partial charge in [-0.05, 0) is 24.9 Å². The maximum absolute atomic E-state index is 5.76. The summed E-state index contributed by atoms with van der Waals surface area (Å²) in [4.78, 5) is 16.7. The van der Waals surface area contributed by atoms with E-state index in [0.29, 0.717) is 11.3 Å². The fourth-order valence-electron chi connectivity index (χ4n) is 1.79. The van der Waals surface area contributed by atoms with E-state index in [0.717, 1.165) is 34.5 Å². The highest BCUT2D eigenvalue weighted by atomic mass is 32.2. The summed E-state index contributed by atoms with van der Waals surface area (Å²) in [6.07, 6.45) is 4.22. The summed E-state index contributed by atoms with van der Waals surface area (Å²) in [6, 6.07) is 0. The van der Waals surface area contributed by atoms with Crippen LogP contribution in [0.2, 0.25) is 0 Å². The van der Waals surface area contributed by atoms with Crippen LogP contribution in [0.4, 0.5) is 5.82 Å². The van der Waals surface area contributed by atoms with E-state index in [4.69, 9.17) is 5.73 Å². The van der Waals surface area contributed by atoms with Crippen molar-refractivity contribution in [1.29, 1.82) is 0 Å². The third-order valence-electron chi connectivity index (χ3n) is 2.71. The summed E-state index contributed by atoms with van der Waals surface area (Å²) in [7, 11) is 0. The Bertz CT molecular complexity index is 720. The van der Waals surface area contributed by atoms with Gasteiger partial charge in [-0.3, -0.25) is 0 Å². The first kappa shape index (κ1) is 13.3. The zero-order valence-electron chi connectivity index (χ0n) is 10.9. The molecule has 0 radical (unpaired) electrons. The van der Waals surface area contributed by atoms with Gasteiger partial charge in [-0.1, -0.05) is 11.8 Å². The third-order valence-corrected chi connectivity index (χ3v) is 4.72. The standard InChI is InChI=1S/C11H13N7S2/c1-7-16-11(20-17-7)19-4-2-3-18-6-15-8-9(12)13-5-14-10(8)18/h5-6H,2-4H2,1H3,(H2,12,13,14). The molecule has 0 aliphatic heterocycles. The van der Waals surface area contributed by atoms with Crippen LogP contribution in [0.15, 0.2) is 17.0 Å². The fraction of sp³-hybridized carbons (Fsp3) is 0.364. The van der Waals surface area contributed by atoms with Gasteiger partial charge < -0.3 is 10.3 Å². The van der Waals surface area contributed by atoms with E-state index < -0.39 is 0 Å². The monoisotopic (exact) mass is 307 g/mol. The minimum atomic E-state index is 0.424. The van der Waals surface area contributed by atoms with E-state index in [-0.39, 0.29) is 0 Å². The van der Waals surface area contributed by atoms with Crippen LogP contribution in [0.3, 0.4) is 0 Å². The van der Waals surface area contributed by atoms with Crippen LogP contribution < -0.4 is 5.73 Å².